The van der Waals surface area contributed by atoms with Crippen molar-refractivity contribution in [2.75, 3.05) is 32.8 Å². The maximum atomic E-state index is 12.5. The minimum absolute atomic E-state index is 0.0197. The van der Waals surface area contributed by atoms with Crippen LogP contribution in [0.4, 0.5) is 0 Å². The minimum atomic E-state index is -0.0487. The highest BCUT2D eigenvalue weighted by molar-refractivity contribution is 6.30. The van der Waals surface area contributed by atoms with Crippen molar-refractivity contribution in [3.63, 3.8) is 0 Å². The summed E-state index contributed by atoms with van der Waals surface area (Å²) >= 11 is 5.88. The Morgan fingerprint density at radius 3 is 2.00 bits per heavy atom. The first-order valence-corrected chi connectivity index (χ1v) is 10.4. The largest absolute Gasteiger partial charge is 0.484 e. The van der Waals surface area contributed by atoms with Gasteiger partial charge in [0.05, 0.1) is 6.42 Å². The molecule has 3 rings (SSSR count). The molecule has 154 valence electrons. The Morgan fingerprint density at radius 2 is 1.41 bits per heavy atom. The molecule has 6 heteroatoms. The molecule has 0 aromatic heterocycles. The van der Waals surface area contributed by atoms with Crippen LogP contribution in [-0.2, 0) is 22.4 Å². The predicted octanol–water partition coefficient (Wildman–Crippen LogP) is 3.58. The van der Waals surface area contributed by atoms with E-state index in [0.29, 0.717) is 43.4 Å². The van der Waals surface area contributed by atoms with Gasteiger partial charge in [0.15, 0.2) is 6.61 Å². The van der Waals surface area contributed by atoms with Gasteiger partial charge in [-0.3, -0.25) is 9.59 Å². The summed E-state index contributed by atoms with van der Waals surface area (Å²) in [6.45, 7) is 4.32. The van der Waals surface area contributed by atoms with Crippen LogP contribution in [0, 0.1) is 0 Å². The maximum Gasteiger partial charge on any atom is 0.260 e. The van der Waals surface area contributed by atoms with Gasteiger partial charge in [-0.15, -0.1) is 0 Å². The molecule has 0 spiro atoms. The number of benzene rings is 2. The van der Waals surface area contributed by atoms with E-state index in [1.54, 1.807) is 17.0 Å². The molecule has 1 heterocycles. The van der Waals surface area contributed by atoms with E-state index in [1.807, 2.05) is 41.3 Å². The number of hydrogen-bond acceptors (Lipinski definition) is 3. The number of ether oxygens (including phenoxy) is 1. The number of carbonyl (C=O) groups is 2. The monoisotopic (exact) mass is 414 g/mol. The molecule has 2 amide bonds. The summed E-state index contributed by atoms with van der Waals surface area (Å²) in [4.78, 5) is 28.5. The lowest BCUT2D eigenvalue weighted by Crippen LogP contribution is -2.52. The van der Waals surface area contributed by atoms with Gasteiger partial charge in [-0.05, 0) is 41.8 Å². The molecule has 1 saturated heterocycles. The van der Waals surface area contributed by atoms with Crippen molar-refractivity contribution in [2.45, 2.75) is 26.2 Å². The van der Waals surface area contributed by atoms with E-state index in [2.05, 4.69) is 6.92 Å². The van der Waals surface area contributed by atoms with Gasteiger partial charge in [-0.1, -0.05) is 49.2 Å². The number of nitrogens with zero attached hydrogens (tertiary/aromatic N) is 2. The Balaban J connectivity index is 1.41. The Bertz CT molecular complexity index is 813. The molecule has 0 atom stereocenters. The average Bonchev–Trinajstić information content (AvgIpc) is 2.75. The summed E-state index contributed by atoms with van der Waals surface area (Å²) in [7, 11) is 0. The lowest BCUT2D eigenvalue weighted by atomic mass is 10.1. The third-order valence-corrected chi connectivity index (χ3v) is 5.33. The fourth-order valence-electron chi connectivity index (χ4n) is 3.37. The van der Waals surface area contributed by atoms with Gasteiger partial charge in [0.1, 0.15) is 5.75 Å². The smallest absolute Gasteiger partial charge is 0.260 e. The maximum absolute atomic E-state index is 12.5. The van der Waals surface area contributed by atoms with Gasteiger partial charge in [-0.2, -0.15) is 0 Å². The molecule has 1 aliphatic rings. The average molecular weight is 415 g/mol. The molecule has 0 N–H and O–H groups in total. The first-order valence-electron chi connectivity index (χ1n) is 10.1. The van der Waals surface area contributed by atoms with Crippen molar-refractivity contribution < 1.29 is 14.3 Å². The molecule has 2 aromatic carbocycles. The van der Waals surface area contributed by atoms with Gasteiger partial charge >= 0.3 is 0 Å². The molecule has 0 unspecified atom stereocenters. The van der Waals surface area contributed by atoms with E-state index in [9.17, 15) is 9.59 Å². The molecular weight excluding hydrogens is 388 g/mol. The molecule has 1 aliphatic heterocycles. The van der Waals surface area contributed by atoms with Crippen LogP contribution in [0.5, 0.6) is 5.75 Å². The lowest BCUT2D eigenvalue weighted by molar-refractivity contribution is -0.140. The predicted molar refractivity (Wildman–Crippen MR) is 114 cm³/mol. The van der Waals surface area contributed by atoms with E-state index in [4.69, 9.17) is 16.3 Å². The third-order valence-electron chi connectivity index (χ3n) is 5.08. The van der Waals surface area contributed by atoms with E-state index in [0.717, 1.165) is 18.4 Å². The molecule has 0 bridgehead atoms. The Labute approximate surface area is 177 Å². The van der Waals surface area contributed by atoms with Crippen molar-refractivity contribution >= 4 is 23.4 Å². The fraction of sp³-hybridized carbons (Fsp3) is 0.391. The van der Waals surface area contributed by atoms with Gasteiger partial charge in [-0.25, -0.2) is 0 Å². The molecular formula is C23H27ClN2O3. The van der Waals surface area contributed by atoms with Crippen LogP contribution in [0.2, 0.25) is 5.02 Å². The summed E-state index contributed by atoms with van der Waals surface area (Å²) in [5.41, 5.74) is 2.21. The number of hydrogen-bond donors (Lipinski definition) is 0. The molecule has 5 nitrogen and oxygen atoms in total. The van der Waals surface area contributed by atoms with Crippen molar-refractivity contribution in [1.29, 1.82) is 0 Å². The third kappa shape index (κ3) is 6.23. The van der Waals surface area contributed by atoms with Crippen molar-refractivity contribution in [3.05, 3.63) is 64.7 Å². The Hall–Kier alpha value is -2.53. The van der Waals surface area contributed by atoms with Crippen LogP contribution in [0.3, 0.4) is 0 Å². The fourth-order valence-corrected chi connectivity index (χ4v) is 3.50. The van der Waals surface area contributed by atoms with E-state index >= 15 is 0 Å². The van der Waals surface area contributed by atoms with Gasteiger partial charge < -0.3 is 14.5 Å². The topological polar surface area (TPSA) is 49.9 Å². The Morgan fingerprint density at radius 1 is 0.862 bits per heavy atom. The Kier molecular flexibility index (Phi) is 7.53. The lowest BCUT2D eigenvalue weighted by Gasteiger charge is -2.34. The van der Waals surface area contributed by atoms with Crippen LogP contribution in [0.15, 0.2) is 48.5 Å². The SMILES string of the molecule is CCCc1ccc(OCC(=O)N2CCN(C(=O)Cc3ccc(Cl)cc3)CC2)cc1. The number of piperazine rings is 1. The summed E-state index contributed by atoms with van der Waals surface area (Å²) in [6, 6.07) is 15.2. The first-order chi connectivity index (χ1) is 14.0. The van der Waals surface area contributed by atoms with Crippen LogP contribution in [0.1, 0.15) is 24.5 Å². The van der Waals surface area contributed by atoms with E-state index in [1.165, 1.54) is 5.56 Å². The van der Waals surface area contributed by atoms with Crippen LogP contribution < -0.4 is 4.74 Å². The van der Waals surface area contributed by atoms with Crippen molar-refractivity contribution in [3.8, 4) is 5.75 Å². The van der Waals surface area contributed by atoms with Crippen LogP contribution in [-0.4, -0.2) is 54.4 Å². The second kappa shape index (κ2) is 10.3. The van der Waals surface area contributed by atoms with Crippen molar-refractivity contribution in [1.82, 2.24) is 9.80 Å². The van der Waals surface area contributed by atoms with Crippen molar-refractivity contribution in [2.24, 2.45) is 0 Å². The molecule has 0 aliphatic carbocycles. The highest BCUT2D eigenvalue weighted by Gasteiger charge is 2.24. The molecule has 0 saturated carbocycles. The van der Waals surface area contributed by atoms with E-state index in [-0.39, 0.29) is 18.4 Å². The number of amides is 2. The highest BCUT2D eigenvalue weighted by atomic mass is 35.5. The summed E-state index contributed by atoms with van der Waals surface area (Å²) in [5.74, 6) is 0.727. The van der Waals surface area contributed by atoms with E-state index < -0.39 is 0 Å². The summed E-state index contributed by atoms with van der Waals surface area (Å²) < 4.78 is 5.63. The van der Waals surface area contributed by atoms with Gasteiger partial charge in [0.25, 0.3) is 5.91 Å². The summed E-state index contributed by atoms with van der Waals surface area (Å²) in [5, 5.41) is 0.660. The number of rotatable bonds is 7. The minimum Gasteiger partial charge on any atom is -0.484 e. The summed E-state index contributed by atoms with van der Waals surface area (Å²) in [6.07, 6.45) is 2.50. The van der Waals surface area contributed by atoms with Crippen LogP contribution in [0.25, 0.3) is 0 Å². The quantitative estimate of drug-likeness (QED) is 0.695. The number of aryl methyl sites for hydroxylation is 1. The molecule has 0 radical (unpaired) electrons. The van der Waals surface area contributed by atoms with Crippen LogP contribution >= 0.6 is 11.6 Å². The molecule has 2 aromatic rings. The zero-order valence-corrected chi connectivity index (χ0v) is 17.5. The number of halogens is 1. The standard InChI is InChI=1S/C23H27ClN2O3/c1-2-3-18-6-10-21(11-7-18)29-17-23(28)26-14-12-25(13-15-26)22(27)16-19-4-8-20(24)9-5-19/h4-11H,2-3,12-17H2,1H3. The first kappa shape index (κ1) is 21.2. The zero-order valence-electron chi connectivity index (χ0n) is 16.8. The normalized spacial score (nSPS) is 14.0. The second-order valence-electron chi connectivity index (χ2n) is 7.25. The zero-order chi connectivity index (χ0) is 20.6. The molecule has 29 heavy (non-hydrogen) atoms. The number of carbonyl (C=O) groups excluding carboxylic acids is 2. The van der Waals surface area contributed by atoms with Gasteiger partial charge in [0, 0.05) is 31.2 Å². The van der Waals surface area contributed by atoms with Gasteiger partial charge in [0.2, 0.25) is 5.91 Å². The second-order valence-corrected chi connectivity index (χ2v) is 7.68. The molecule has 1 fully saturated rings. The highest BCUT2D eigenvalue weighted by Crippen LogP contribution is 2.14.